The lowest BCUT2D eigenvalue weighted by Gasteiger charge is -2.33. The van der Waals surface area contributed by atoms with Gasteiger partial charge in [-0.15, -0.1) is 0 Å². The Morgan fingerprint density at radius 2 is 1.75 bits per heavy atom. The Balaban J connectivity index is 1.25. The van der Waals surface area contributed by atoms with Crippen molar-refractivity contribution in [3.05, 3.63) is 42.4 Å². The molecule has 1 fully saturated rings. The van der Waals surface area contributed by atoms with Gasteiger partial charge in [0.1, 0.15) is 19.0 Å². The molecule has 0 unspecified atom stereocenters. The molecule has 2 N–H and O–H groups in total. The second kappa shape index (κ2) is 9.59. The molecule has 1 aromatic heterocycles. The van der Waals surface area contributed by atoms with Gasteiger partial charge in [0.05, 0.1) is 24.2 Å². The third-order valence-electron chi connectivity index (χ3n) is 5.11. The van der Waals surface area contributed by atoms with E-state index in [0.29, 0.717) is 43.6 Å². The van der Waals surface area contributed by atoms with Crippen molar-refractivity contribution in [3.63, 3.8) is 0 Å². The average Bonchev–Trinajstić information content (AvgIpc) is 3.31. The molecule has 0 radical (unpaired) electrons. The Morgan fingerprint density at radius 3 is 2.47 bits per heavy atom. The second-order valence-electron chi connectivity index (χ2n) is 7.30. The number of benzene rings is 1. The van der Waals surface area contributed by atoms with Crippen molar-refractivity contribution in [2.45, 2.75) is 11.4 Å². The molecule has 3 heterocycles. The number of nitrogens with one attached hydrogen (secondary N) is 2. The lowest BCUT2D eigenvalue weighted by atomic mass is 10.3. The maximum absolute atomic E-state index is 13.0. The van der Waals surface area contributed by atoms with Crippen LogP contribution >= 0.6 is 0 Å². The van der Waals surface area contributed by atoms with Crippen LogP contribution in [-0.4, -0.2) is 75.5 Å². The van der Waals surface area contributed by atoms with Crippen LogP contribution in [0.1, 0.15) is 5.76 Å². The quantitative estimate of drug-likeness (QED) is 0.628. The van der Waals surface area contributed by atoms with Crippen molar-refractivity contribution in [1.29, 1.82) is 0 Å². The third-order valence-corrected chi connectivity index (χ3v) is 7.00. The highest BCUT2D eigenvalue weighted by molar-refractivity contribution is 7.89. The number of furan rings is 1. The highest BCUT2D eigenvalue weighted by Crippen LogP contribution is 2.33. The first-order valence-corrected chi connectivity index (χ1v) is 11.6. The number of fused-ring (bicyclic) bond motifs is 1. The molecule has 2 aromatic rings. The van der Waals surface area contributed by atoms with Crippen LogP contribution in [-0.2, 0) is 21.4 Å². The predicted molar refractivity (Wildman–Crippen MR) is 112 cm³/mol. The van der Waals surface area contributed by atoms with Gasteiger partial charge >= 0.3 is 6.03 Å². The number of nitrogens with zero attached hydrogens (tertiary/aromatic N) is 2. The highest BCUT2D eigenvalue weighted by Gasteiger charge is 2.30. The molecule has 11 nitrogen and oxygen atoms in total. The molecule has 4 rings (SSSR count). The van der Waals surface area contributed by atoms with E-state index in [9.17, 15) is 18.0 Å². The maximum atomic E-state index is 13.0. The van der Waals surface area contributed by atoms with Crippen molar-refractivity contribution < 1.29 is 31.9 Å². The number of piperazine rings is 1. The van der Waals surface area contributed by atoms with E-state index in [1.165, 1.54) is 22.7 Å². The Labute approximate surface area is 185 Å². The van der Waals surface area contributed by atoms with Gasteiger partial charge in [-0.2, -0.15) is 4.31 Å². The lowest BCUT2D eigenvalue weighted by molar-refractivity contribution is -0.121. The number of sulfonamides is 1. The Kier molecular flexibility index (Phi) is 6.63. The fourth-order valence-electron chi connectivity index (χ4n) is 3.46. The van der Waals surface area contributed by atoms with Crippen molar-refractivity contribution in [3.8, 4) is 11.5 Å². The van der Waals surface area contributed by atoms with Gasteiger partial charge in [-0.05, 0) is 24.3 Å². The van der Waals surface area contributed by atoms with Crippen LogP contribution in [0.2, 0.25) is 0 Å². The van der Waals surface area contributed by atoms with Gasteiger partial charge in [0.25, 0.3) is 0 Å². The largest absolute Gasteiger partial charge is 0.486 e. The SMILES string of the molecule is O=C(CN1CCN(S(=O)(=O)c2ccc3c(c2)OCCO3)CC1)NC(=O)NCc1ccco1. The van der Waals surface area contributed by atoms with E-state index in [0.717, 1.165) is 0 Å². The van der Waals surface area contributed by atoms with E-state index >= 15 is 0 Å². The van der Waals surface area contributed by atoms with E-state index in [4.69, 9.17) is 13.9 Å². The molecular weight excluding hydrogens is 440 g/mol. The second-order valence-corrected chi connectivity index (χ2v) is 9.23. The Bertz CT molecular complexity index is 1060. The summed E-state index contributed by atoms with van der Waals surface area (Å²) in [6, 6.07) is 7.37. The molecule has 1 saturated heterocycles. The monoisotopic (exact) mass is 464 g/mol. The third kappa shape index (κ3) is 5.21. The zero-order valence-corrected chi connectivity index (χ0v) is 18.1. The molecule has 172 valence electrons. The van der Waals surface area contributed by atoms with Gasteiger partial charge < -0.3 is 19.2 Å². The molecule has 12 heteroatoms. The number of ether oxygens (including phenoxy) is 2. The fraction of sp³-hybridized carbons (Fsp3) is 0.400. The van der Waals surface area contributed by atoms with Gasteiger partial charge in [0, 0.05) is 32.2 Å². The number of rotatable bonds is 6. The van der Waals surface area contributed by atoms with E-state index in [2.05, 4.69) is 10.6 Å². The first-order valence-electron chi connectivity index (χ1n) is 10.1. The summed E-state index contributed by atoms with van der Waals surface area (Å²) in [5, 5.41) is 4.79. The summed E-state index contributed by atoms with van der Waals surface area (Å²) < 4.78 is 43.4. The topological polar surface area (TPSA) is 130 Å². The van der Waals surface area contributed by atoms with Crippen molar-refractivity contribution >= 4 is 22.0 Å². The summed E-state index contributed by atoms with van der Waals surface area (Å²) in [5.41, 5.74) is 0. The maximum Gasteiger partial charge on any atom is 0.321 e. The molecule has 0 aliphatic carbocycles. The standard InChI is InChI=1S/C20H24N4O7S/c25-19(22-20(26)21-13-15-2-1-9-29-15)14-23-5-7-24(8-6-23)32(27,28)16-3-4-17-18(12-16)31-11-10-30-17/h1-4,9,12H,5-8,10-11,13-14H2,(H2,21,22,25,26). The van der Waals surface area contributed by atoms with Crippen LogP contribution in [0.3, 0.4) is 0 Å². The van der Waals surface area contributed by atoms with Crippen molar-refractivity contribution in [2.75, 3.05) is 45.9 Å². The number of carbonyl (C=O) groups is 2. The smallest absolute Gasteiger partial charge is 0.321 e. The van der Waals surface area contributed by atoms with Gasteiger partial charge in [-0.25, -0.2) is 13.2 Å². The molecule has 32 heavy (non-hydrogen) atoms. The Hall–Kier alpha value is -3.09. The summed E-state index contributed by atoms with van der Waals surface area (Å²) in [4.78, 5) is 25.9. The van der Waals surface area contributed by atoms with E-state index < -0.39 is 22.0 Å². The average molecular weight is 465 g/mol. The van der Waals surface area contributed by atoms with Crippen molar-refractivity contribution in [1.82, 2.24) is 19.8 Å². The molecule has 0 atom stereocenters. The number of hydrogen-bond acceptors (Lipinski definition) is 8. The number of amides is 3. The first kappa shape index (κ1) is 22.1. The molecule has 3 amide bonds. The lowest BCUT2D eigenvalue weighted by Crippen LogP contribution is -2.52. The molecule has 2 aliphatic heterocycles. The Morgan fingerprint density at radius 1 is 1.00 bits per heavy atom. The molecule has 1 aromatic carbocycles. The van der Waals surface area contributed by atoms with Crippen LogP contribution in [0, 0.1) is 0 Å². The first-order chi connectivity index (χ1) is 15.4. The fourth-order valence-corrected chi connectivity index (χ4v) is 4.89. The molecular formula is C20H24N4O7S. The van der Waals surface area contributed by atoms with Crippen molar-refractivity contribution in [2.24, 2.45) is 0 Å². The zero-order chi connectivity index (χ0) is 22.6. The van der Waals surface area contributed by atoms with E-state index in [1.807, 2.05) is 0 Å². The van der Waals surface area contributed by atoms with Crippen LogP contribution in [0.15, 0.2) is 45.9 Å². The molecule has 0 bridgehead atoms. The number of urea groups is 1. The summed E-state index contributed by atoms with van der Waals surface area (Å²) >= 11 is 0. The summed E-state index contributed by atoms with van der Waals surface area (Å²) in [6.07, 6.45) is 1.49. The minimum atomic E-state index is -3.70. The summed E-state index contributed by atoms with van der Waals surface area (Å²) in [5.74, 6) is 1.05. The van der Waals surface area contributed by atoms with Gasteiger partial charge in [0.15, 0.2) is 11.5 Å². The highest BCUT2D eigenvalue weighted by atomic mass is 32.2. The molecule has 0 spiro atoms. The zero-order valence-electron chi connectivity index (χ0n) is 17.3. The van der Waals surface area contributed by atoms with Gasteiger partial charge in [-0.1, -0.05) is 0 Å². The minimum absolute atomic E-state index is 0.00785. The minimum Gasteiger partial charge on any atom is -0.486 e. The molecule has 2 aliphatic rings. The van der Waals surface area contributed by atoms with E-state index in [1.54, 1.807) is 23.1 Å². The summed E-state index contributed by atoms with van der Waals surface area (Å²) in [7, 11) is -3.70. The number of hydrogen-bond donors (Lipinski definition) is 2. The summed E-state index contributed by atoms with van der Waals surface area (Å²) in [6.45, 7) is 2.16. The van der Waals surface area contributed by atoms with E-state index in [-0.39, 0.29) is 31.1 Å². The molecule has 0 saturated carbocycles. The van der Waals surface area contributed by atoms with Crippen LogP contribution in [0.25, 0.3) is 0 Å². The normalized spacial score (nSPS) is 17.0. The van der Waals surface area contributed by atoms with Gasteiger partial charge in [-0.3, -0.25) is 15.0 Å². The number of imide groups is 1. The number of carbonyl (C=O) groups excluding carboxylic acids is 2. The van der Waals surface area contributed by atoms with Crippen LogP contribution < -0.4 is 20.1 Å². The van der Waals surface area contributed by atoms with Crippen LogP contribution in [0.5, 0.6) is 11.5 Å². The van der Waals surface area contributed by atoms with Gasteiger partial charge in [0.2, 0.25) is 15.9 Å². The predicted octanol–water partition coefficient (Wildman–Crippen LogP) is 0.383. The van der Waals surface area contributed by atoms with Crippen LogP contribution in [0.4, 0.5) is 4.79 Å².